The van der Waals surface area contributed by atoms with Gasteiger partial charge in [0.1, 0.15) is 6.61 Å². The molecular weight excluding hydrogens is 386 g/mol. The molecule has 0 saturated carbocycles. The van der Waals surface area contributed by atoms with E-state index in [1.807, 2.05) is 29.4 Å². The van der Waals surface area contributed by atoms with Gasteiger partial charge in [-0.3, -0.25) is 0 Å². The summed E-state index contributed by atoms with van der Waals surface area (Å²) in [6, 6.07) is 27.0. The molecule has 1 fully saturated rings. The van der Waals surface area contributed by atoms with Gasteiger partial charge in [0.25, 0.3) is 0 Å². The number of para-hydroxylation sites is 1. The highest BCUT2D eigenvalue weighted by molar-refractivity contribution is 5.82. The lowest BCUT2D eigenvalue weighted by Crippen LogP contribution is -2.21. The van der Waals surface area contributed by atoms with Crippen molar-refractivity contribution in [3.05, 3.63) is 90.0 Å². The quantitative estimate of drug-likeness (QED) is 0.246. The molecule has 5 nitrogen and oxygen atoms in total. The second-order valence-electron chi connectivity index (χ2n) is 7.40. The summed E-state index contributed by atoms with van der Waals surface area (Å²) in [6.45, 7) is 7.60. The van der Waals surface area contributed by atoms with E-state index >= 15 is 0 Å². The Hall–Kier alpha value is -3.15. The van der Waals surface area contributed by atoms with Crippen LogP contribution in [0.4, 0.5) is 17.1 Å². The van der Waals surface area contributed by atoms with Crippen molar-refractivity contribution in [3.63, 3.8) is 0 Å². The van der Waals surface area contributed by atoms with E-state index in [1.165, 1.54) is 5.69 Å². The van der Waals surface area contributed by atoms with E-state index in [9.17, 15) is 0 Å². The number of benzene rings is 3. The van der Waals surface area contributed by atoms with Crippen molar-refractivity contribution >= 4 is 23.3 Å². The van der Waals surface area contributed by atoms with E-state index in [4.69, 9.17) is 14.6 Å². The molecule has 1 unspecified atom stereocenters. The monoisotopic (exact) mass is 415 g/mol. The van der Waals surface area contributed by atoms with Crippen molar-refractivity contribution in [2.75, 3.05) is 29.6 Å². The smallest absolute Gasteiger partial charge is 0.181 e. The molecule has 1 atom stereocenters. The minimum Gasteiger partial charge on any atom is -0.372 e. The van der Waals surface area contributed by atoms with Crippen LogP contribution >= 0.6 is 0 Å². The molecule has 1 aliphatic rings. The molecular formula is C26H29N3O2. The molecule has 1 saturated heterocycles. The second kappa shape index (κ2) is 10.2. The highest BCUT2D eigenvalue weighted by Crippen LogP contribution is 2.26. The van der Waals surface area contributed by atoms with Gasteiger partial charge in [-0.2, -0.15) is 5.10 Å². The van der Waals surface area contributed by atoms with Gasteiger partial charge in [-0.1, -0.05) is 42.5 Å². The van der Waals surface area contributed by atoms with Crippen molar-refractivity contribution in [3.8, 4) is 0 Å². The summed E-state index contributed by atoms with van der Waals surface area (Å²) in [6.07, 6.45) is 1.87. The van der Waals surface area contributed by atoms with Gasteiger partial charge in [-0.15, -0.1) is 0 Å². The van der Waals surface area contributed by atoms with Gasteiger partial charge in [0.2, 0.25) is 0 Å². The fraction of sp³-hybridized carbons (Fsp3) is 0.269. The Bertz CT molecular complexity index is 964. The zero-order valence-corrected chi connectivity index (χ0v) is 18.1. The van der Waals surface area contributed by atoms with Crippen LogP contribution in [0.3, 0.4) is 0 Å². The highest BCUT2D eigenvalue weighted by atomic mass is 16.8. The molecule has 1 aliphatic heterocycles. The lowest BCUT2D eigenvalue weighted by molar-refractivity contribution is 0.0386. The van der Waals surface area contributed by atoms with Crippen LogP contribution < -0.4 is 9.91 Å². The average Bonchev–Trinajstić information content (AvgIpc) is 3.66. The predicted octanol–water partition coefficient (Wildman–Crippen LogP) is 5.58. The maximum Gasteiger partial charge on any atom is 0.181 e. The van der Waals surface area contributed by atoms with Gasteiger partial charge in [-0.05, 0) is 61.4 Å². The lowest BCUT2D eigenvalue weighted by atomic mass is 10.2. The molecule has 3 aromatic rings. The van der Waals surface area contributed by atoms with Crippen LogP contribution in [0.1, 0.15) is 25.0 Å². The Morgan fingerprint density at radius 3 is 2.10 bits per heavy atom. The van der Waals surface area contributed by atoms with Gasteiger partial charge in [0, 0.05) is 18.8 Å². The number of hydrazone groups is 1. The third-order valence-corrected chi connectivity index (χ3v) is 5.26. The van der Waals surface area contributed by atoms with E-state index in [2.05, 4.69) is 79.4 Å². The Kier molecular flexibility index (Phi) is 6.97. The number of hydrogen-bond donors (Lipinski definition) is 0. The molecule has 3 aromatic carbocycles. The number of rotatable bonds is 10. The summed E-state index contributed by atoms with van der Waals surface area (Å²) < 4.78 is 10.7. The van der Waals surface area contributed by atoms with E-state index in [0.717, 1.165) is 35.6 Å². The summed E-state index contributed by atoms with van der Waals surface area (Å²) in [7, 11) is 0. The number of anilines is 3. The van der Waals surface area contributed by atoms with E-state index in [-0.39, 0.29) is 6.29 Å². The first-order valence-electron chi connectivity index (χ1n) is 10.8. The van der Waals surface area contributed by atoms with Crippen LogP contribution in [0, 0.1) is 0 Å². The Morgan fingerprint density at radius 1 is 0.871 bits per heavy atom. The summed E-state index contributed by atoms with van der Waals surface area (Å²) in [4.78, 5) is 2.33. The SMILES string of the molecule is CCN(CC)c1ccc(C=NN(c2ccccc2)c2ccc(COC3CO3)cc2)cc1. The topological polar surface area (TPSA) is 40.6 Å². The standard InChI is InChI=1S/C26H29N3O2/c1-3-28(4-2)23-14-10-21(11-15-23)18-27-29(24-8-6-5-7-9-24)25-16-12-22(13-17-25)19-30-26-20-31-26/h5-18,26H,3-4,19-20H2,1-2H3. The summed E-state index contributed by atoms with van der Waals surface area (Å²) in [5, 5.41) is 6.76. The number of epoxide rings is 1. The van der Waals surface area contributed by atoms with E-state index in [0.29, 0.717) is 13.2 Å². The number of hydrogen-bond acceptors (Lipinski definition) is 5. The van der Waals surface area contributed by atoms with Gasteiger partial charge in [0.15, 0.2) is 6.29 Å². The molecule has 0 aliphatic carbocycles. The summed E-state index contributed by atoms with van der Waals surface area (Å²) in [5.41, 5.74) is 5.41. The van der Waals surface area contributed by atoms with Crippen LogP contribution in [-0.2, 0) is 16.1 Å². The average molecular weight is 416 g/mol. The molecule has 0 N–H and O–H groups in total. The molecule has 31 heavy (non-hydrogen) atoms. The predicted molar refractivity (Wildman–Crippen MR) is 127 cm³/mol. The fourth-order valence-corrected chi connectivity index (χ4v) is 3.39. The highest BCUT2D eigenvalue weighted by Gasteiger charge is 2.22. The maximum absolute atomic E-state index is 5.60. The van der Waals surface area contributed by atoms with Crippen molar-refractivity contribution in [1.29, 1.82) is 0 Å². The van der Waals surface area contributed by atoms with Gasteiger partial charge < -0.3 is 14.4 Å². The van der Waals surface area contributed by atoms with Crippen molar-refractivity contribution in [2.24, 2.45) is 5.10 Å². The molecule has 160 valence electrons. The first-order chi connectivity index (χ1) is 15.3. The molecule has 0 bridgehead atoms. The minimum absolute atomic E-state index is 0.0294. The first-order valence-corrected chi connectivity index (χ1v) is 10.8. The van der Waals surface area contributed by atoms with Crippen LogP contribution in [-0.4, -0.2) is 32.2 Å². The molecule has 5 heteroatoms. The van der Waals surface area contributed by atoms with Crippen molar-refractivity contribution in [1.82, 2.24) is 0 Å². The zero-order valence-electron chi connectivity index (χ0n) is 18.1. The minimum atomic E-state index is -0.0294. The molecule has 4 rings (SSSR count). The van der Waals surface area contributed by atoms with Gasteiger partial charge in [-0.25, -0.2) is 5.01 Å². The maximum atomic E-state index is 5.60. The molecule has 0 spiro atoms. The molecule has 0 radical (unpaired) electrons. The van der Waals surface area contributed by atoms with E-state index in [1.54, 1.807) is 0 Å². The Morgan fingerprint density at radius 2 is 1.48 bits per heavy atom. The fourth-order valence-electron chi connectivity index (χ4n) is 3.39. The third kappa shape index (κ3) is 5.72. The summed E-state index contributed by atoms with van der Waals surface area (Å²) in [5.74, 6) is 0. The normalized spacial score (nSPS) is 15.2. The lowest BCUT2D eigenvalue weighted by Gasteiger charge is -2.21. The van der Waals surface area contributed by atoms with Crippen molar-refractivity contribution in [2.45, 2.75) is 26.7 Å². The Balaban J connectivity index is 1.52. The van der Waals surface area contributed by atoms with E-state index < -0.39 is 0 Å². The van der Waals surface area contributed by atoms with Gasteiger partial charge in [0.05, 0.1) is 24.2 Å². The Labute approximate surface area is 184 Å². The van der Waals surface area contributed by atoms with Crippen molar-refractivity contribution < 1.29 is 9.47 Å². The number of ether oxygens (including phenoxy) is 2. The van der Waals surface area contributed by atoms with Crippen LogP contribution in [0.5, 0.6) is 0 Å². The first kappa shape index (κ1) is 21.1. The summed E-state index contributed by atoms with van der Waals surface area (Å²) >= 11 is 0. The van der Waals surface area contributed by atoms with Crippen LogP contribution in [0.2, 0.25) is 0 Å². The molecule has 1 heterocycles. The zero-order chi connectivity index (χ0) is 21.5. The van der Waals surface area contributed by atoms with Crippen LogP contribution in [0.15, 0.2) is 84.0 Å². The third-order valence-electron chi connectivity index (χ3n) is 5.26. The largest absolute Gasteiger partial charge is 0.372 e. The molecule has 0 amide bonds. The number of nitrogens with zero attached hydrogens (tertiary/aromatic N) is 3. The molecule has 0 aromatic heterocycles. The second-order valence-corrected chi connectivity index (χ2v) is 7.40. The van der Waals surface area contributed by atoms with Crippen LogP contribution in [0.25, 0.3) is 0 Å². The van der Waals surface area contributed by atoms with Gasteiger partial charge >= 0.3 is 0 Å².